The summed E-state index contributed by atoms with van der Waals surface area (Å²) in [7, 11) is 1.49. The van der Waals surface area contributed by atoms with Crippen molar-refractivity contribution in [2.24, 2.45) is 0 Å². The molecule has 0 unspecified atom stereocenters. The molecule has 0 atom stereocenters. The first-order chi connectivity index (χ1) is 15.0. The number of hydrogen-bond acceptors (Lipinski definition) is 6. The second-order valence-corrected chi connectivity index (χ2v) is 7.20. The van der Waals surface area contributed by atoms with E-state index in [-0.39, 0.29) is 17.6 Å². The van der Waals surface area contributed by atoms with Gasteiger partial charge in [-0.15, -0.1) is 11.3 Å². The van der Waals surface area contributed by atoms with E-state index in [1.54, 1.807) is 41.8 Å². The lowest BCUT2D eigenvalue weighted by atomic mass is 10.1. The molecule has 156 valence electrons. The summed E-state index contributed by atoms with van der Waals surface area (Å²) in [6.45, 7) is 0. The molecule has 2 aromatic heterocycles. The predicted octanol–water partition coefficient (Wildman–Crippen LogP) is 5.06. The molecule has 0 saturated carbocycles. The fraction of sp³-hybridized carbons (Fsp3) is 0.0455. The van der Waals surface area contributed by atoms with Crippen LogP contribution in [0.15, 0.2) is 70.7 Å². The van der Waals surface area contributed by atoms with Gasteiger partial charge in [-0.3, -0.25) is 14.9 Å². The van der Waals surface area contributed by atoms with Crippen LogP contribution in [-0.2, 0) is 0 Å². The van der Waals surface area contributed by atoms with Crippen molar-refractivity contribution in [3.63, 3.8) is 0 Å². The molecule has 4 aromatic rings. The summed E-state index contributed by atoms with van der Waals surface area (Å²) < 4.78 is 23.9. The van der Waals surface area contributed by atoms with Gasteiger partial charge >= 0.3 is 0 Å². The van der Waals surface area contributed by atoms with Gasteiger partial charge in [-0.25, -0.2) is 9.37 Å². The number of carbonyl (C=O) groups excluding carboxylic acids is 2. The zero-order valence-corrected chi connectivity index (χ0v) is 17.0. The molecule has 7 nitrogen and oxygen atoms in total. The number of anilines is 2. The van der Waals surface area contributed by atoms with Crippen LogP contribution in [0.25, 0.3) is 11.3 Å². The van der Waals surface area contributed by atoms with Crippen LogP contribution in [0.2, 0.25) is 0 Å². The van der Waals surface area contributed by atoms with Crippen molar-refractivity contribution in [1.82, 2.24) is 4.98 Å². The molecule has 2 heterocycles. The van der Waals surface area contributed by atoms with E-state index >= 15 is 0 Å². The molecule has 0 spiro atoms. The third kappa shape index (κ3) is 4.62. The van der Waals surface area contributed by atoms with Crippen LogP contribution in [-0.4, -0.2) is 23.9 Å². The number of nitrogens with one attached hydrogen (secondary N) is 2. The number of ether oxygens (including phenoxy) is 1. The molecule has 31 heavy (non-hydrogen) atoms. The minimum absolute atomic E-state index is 0.191. The van der Waals surface area contributed by atoms with E-state index in [9.17, 15) is 14.0 Å². The first kappa shape index (κ1) is 20.3. The lowest BCUT2D eigenvalue weighted by Gasteiger charge is -2.06. The maximum Gasteiger partial charge on any atom is 0.291 e. The number of thiazole rings is 1. The monoisotopic (exact) mass is 437 g/mol. The molecule has 9 heteroatoms. The molecule has 4 rings (SSSR count). The summed E-state index contributed by atoms with van der Waals surface area (Å²) in [4.78, 5) is 28.9. The normalized spacial score (nSPS) is 10.5. The number of nitrogens with zero attached hydrogens (tertiary/aromatic N) is 1. The van der Waals surface area contributed by atoms with E-state index in [1.807, 2.05) is 0 Å². The summed E-state index contributed by atoms with van der Waals surface area (Å²) >= 11 is 1.21. The van der Waals surface area contributed by atoms with Crippen molar-refractivity contribution < 1.29 is 23.1 Å². The second-order valence-electron chi connectivity index (χ2n) is 6.35. The Bertz CT molecular complexity index is 1220. The van der Waals surface area contributed by atoms with E-state index in [0.717, 1.165) is 0 Å². The fourth-order valence-corrected chi connectivity index (χ4v) is 3.52. The van der Waals surface area contributed by atoms with Crippen molar-refractivity contribution >= 4 is 34.0 Å². The molecule has 0 bridgehead atoms. The molecule has 2 amide bonds. The number of hydrogen-bond donors (Lipinski definition) is 2. The van der Waals surface area contributed by atoms with Crippen LogP contribution in [0.5, 0.6) is 5.75 Å². The summed E-state index contributed by atoms with van der Waals surface area (Å²) in [5, 5.41) is 7.47. The SMILES string of the molecule is COc1ccc(F)cc1-c1csc(NC(=O)c2ccc(NC(=O)c3ccco3)cc2)n1. The Morgan fingerprint density at radius 2 is 1.87 bits per heavy atom. The van der Waals surface area contributed by atoms with Crippen LogP contribution < -0.4 is 15.4 Å². The Hall–Kier alpha value is -3.98. The topological polar surface area (TPSA) is 93.5 Å². The Morgan fingerprint density at radius 1 is 1.06 bits per heavy atom. The molecule has 2 N–H and O–H groups in total. The maximum absolute atomic E-state index is 13.6. The third-order valence-electron chi connectivity index (χ3n) is 4.31. The number of halogens is 1. The molecule has 0 saturated heterocycles. The quantitative estimate of drug-likeness (QED) is 0.440. The number of rotatable bonds is 6. The standard InChI is InChI=1S/C22H16FN3O4S/c1-29-18-9-6-14(23)11-16(18)17-12-31-22(25-17)26-20(27)13-4-7-15(8-5-13)24-21(28)19-3-2-10-30-19/h2-12H,1H3,(H,24,28)(H,25,26,27). The Balaban J connectivity index is 1.43. The van der Waals surface area contributed by atoms with Gasteiger partial charge in [0.05, 0.1) is 19.1 Å². The van der Waals surface area contributed by atoms with Crippen molar-refractivity contribution in [3.05, 3.63) is 83.4 Å². The average molecular weight is 437 g/mol. The van der Waals surface area contributed by atoms with E-state index in [4.69, 9.17) is 9.15 Å². The number of aromatic nitrogens is 1. The molecule has 0 radical (unpaired) electrons. The highest BCUT2D eigenvalue weighted by Gasteiger charge is 2.14. The Kier molecular flexibility index (Phi) is 5.76. The average Bonchev–Trinajstić information content (AvgIpc) is 3.47. The summed E-state index contributed by atoms with van der Waals surface area (Å²) in [5.41, 5.74) is 1.90. The highest BCUT2D eigenvalue weighted by atomic mass is 32.1. The molecular formula is C22H16FN3O4S. The Labute approximate surface area is 180 Å². The minimum Gasteiger partial charge on any atom is -0.496 e. The number of benzene rings is 2. The molecule has 0 aliphatic heterocycles. The van der Waals surface area contributed by atoms with Gasteiger partial charge in [-0.1, -0.05) is 0 Å². The maximum atomic E-state index is 13.6. The number of methoxy groups -OCH3 is 1. The second kappa shape index (κ2) is 8.80. The van der Waals surface area contributed by atoms with Gasteiger partial charge in [0.1, 0.15) is 11.6 Å². The first-order valence-electron chi connectivity index (χ1n) is 9.09. The summed E-state index contributed by atoms with van der Waals surface area (Å²) in [6.07, 6.45) is 1.41. The van der Waals surface area contributed by atoms with Crippen molar-refractivity contribution in [3.8, 4) is 17.0 Å². The molecule has 0 fully saturated rings. The van der Waals surface area contributed by atoms with Gasteiger partial charge < -0.3 is 14.5 Å². The first-order valence-corrected chi connectivity index (χ1v) is 9.97. The van der Waals surface area contributed by atoms with Crippen LogP contribution in [0, 0.1) is 5.82 Å². The van der Waals surface area contributed by atoms with Gasteiger partial charge in [0, 0.05) is 22.2 Å². The molecular weight excluding hydrogens is 421 g/mol. The van der Waals surface area contributed by atoms with E-state index in [0.29, 0.717) is 33.4 Å². The highest BCUT2D eigenvalue weighted by molar-refractivity contribution is 7.14. The smallest absolute Gasteiger partial charge is 0.291 e. The van der Waals surface area contributed by atoms with Gasteiger partial charge in [0.2, 0.25) is 0 Å². The zero-order chi connectivity index (χ0) is 21.8. The summed E-state index contributed by atoms with van der Waals surface area (Å²) in [6, 6.07) is 13.7. The molecule has 0 aliphatic rings. The molecule has 0 aliphatic carbocycles. The van der Waals surface area contributed by atoms with E-state index in [1.165, 1.54) is 42.9 Å². The van der Waals surface area contributed by atoms with Crippen LogP contribution in [0.3, 0.4) is 0 Å². The summed E-state index contributed by atoms with van der Waals surface area (Å²) in [5.74, 6) is -0.483. The van der Waals surface area contributed by atoms with Crippen molar-refractivity contribution in [1.29, 1.82) is 0 Å². The zero-order valence-electron chi connectivity index (χ0n) is 16.2. The van der Waals surface area contributed by atoms with Gasteiger partial charge in [-0.05, 0) is 54.6 Å². The minimum atomic E-state index is -0.409. The van der Waals surface area contributed by atoms with Gasteiger partial charge in [0.25, 0.3) is 11.8 Å². The van der Waals surface area contributed by atoms with Crippen LogP contribution in [0.1, 0.15) is 20.9 Å². The fourth-order valence-electron chi connectivity index (χ4n) is 2.81. The largest absolute Gasteiger partial charge is 0.496 e. The van der Waals surface area contributed by atoms with E-state index in [2.05, 4.69) is 15.6 Å². The number of carbonyl (C=O) groups is 2. The number of amides is 2. The Morgan fingerprint density at radius 3 is 2.58 bits per heavy atom. The van der Waals surface area contributed by atoms with Crippen molar-refractivity contribution in [2.45, 2.75) is 0 Å². The van der Waals surface area contributed by atoms with Crippen LogP contribution in [0.4, 0.5) is 15.2 Å². The molecule has 2 aromatic carbocycles. The predicted molar refractivity (Wildman–Crippen MR) is 115 cm³/mol. The third-order valence-corrected chi connectivity index (χ3v) is 5.07. The van der Waals surface area contributed by atoms with E-state index < -0.39 is 5.82 Å². The highest BCUT2D eigenvalue weighted by Crippen LogP contribution is 2.33. The lowest BCUT2D eigenvalue weighted by molar-refractivity contribution is 0.0995. The lowest BCUT2D eigenvalue weighted by Crippen LogP contribution is -2.13. The van der Waals surface area contributed by atoms with Crippen molar-refractivity contribution in [2.75, 3.05) is 17.7 Å². The van der Waals surface area contributed by atoms with Crippen LogP contribution >= 0.6 is 11.3 Å². The van der Waals surface area contributed by atoms with Gasteiger partial charge in [0.15, 0.2) is 10.9 Å². The number of furan rings is 1. The van der Waals surface area contributed by atoms with Gasteiger partial charge in [-0.2, -0.15) is 0 Å².